The van der Waals surface area contributed by atoms with Gasteiger partial charge >= 0.3 is 0 Å². The van der Waals surface area contributed by atoms with Crippen molar-refractivity contribution in [3.05, 3.63) is 29.3 Å². The van der Waals surface area contributed by atoms with Crippen LogP contribution in [0.15, 0.2) is 18.2 Å². The first kappa shape index (κ1) is 13.9. The number of hydrogen-bond donors (Lipinski definition) is 2. The first-order valence-corrected chi connectivity index (χ1v) is 6.87. The largest absolute Gasteiger partial charge is 0.374 e. The Labute approximate surface area is 115 Å². The molecule has 1 atom stereocenters. The highest BCUT2D eigenvalue weighted by Gasteiger charge is 2.18. The molecule has 2 rings (SSSR count). The van der Waals surface area contributed by atoms with Crippen molar-refractivity contribution in [3.63, 3.8) is 0 Å². The first-order valence-electron chi connectivity index (χ1n) is 6.87. The lowest BCUT2D eigenvalue weighted by Gasteiger charge is -2.28. The van der Waals surface area contributed by atoms with Crippen LogP contribution in [0.3, 0.4) is 0 Å². The fourth-order valence-electron chi connectivity index (χ4n) is 2.69. The van der Waals surface area contributed by atoms with Crippen molar-refractivity contribution in [2.45, 2.75) is 19.9 Å². The topological polar surface area (TPSA) is 44.4 Å². The van der Waals surface area contributed by atoms with E-state index in [1.165, 1.54) is 16.8 Å². The summed E-state index contributed by atoms with van der Waals surface area (Å²) in [5.41, 5.74) is 4.04. The van der Waals surface area contributed by atoms with E-state index in [4.69, 9.17) is 0 Å². The zero-order valence-electron chi connectivity index (χ0n) is 12.0. The van der Waals surface area contributed by atoms with Gasteiger partial charge < -0.3 is 15.5 Å². The molecule has 1 unspecified atom stereocenters. The minimum Gasteiger partial charge on any atom is -0.374 e. The monoisotopic (exact) mass is 261 g/mol. The lowest BCUT2D eigenvalue weighted by Crippen LogP contribution is -2.35. The average molecular weight is 261 g/mol. The SMILES string of the molecule is CNC(=O)C(C)CN(C)c1cccc2c1CNCC2. The zero-order valence-corrected chi connectivity index (χ0v) is 12.0. The maximum absolute atomic E-state index is 11.6. The Hall–Kier alpha value is -1.55. The summed E-state index contributed by atoms with van der Waals surface area (Å²) in [4.78, 5) is 13.8. The van der Waals surface area contributed by atoms with Gasteiger partial charge in [-0.25, -0.2) is 0 Å². The molecule has 104 valence electrons. The number of amides is 1. The molecule has 0 fully saturated rings. The number of nitrogens with one attached hydrogen (secondary N) is 2. The van der Waals surface area contributed by atoms with Gasteiger partial charge in [-0.1, -0.05) is 19.1 Å². The Balaban J connectivity index is 2.15. The van der Waals surface area contributed by atoms with Gasteiger partial charge in [-0.15, -0.1) is 0 Å². The summed E-state index contributed by atoms with van der Waals surface area (Å²) < 4.78 is 0. The number of carbonyl (C=O) groups is 1. The zero-order chi connectivity index (χ0) is 13.8. The van der Waals surface area contributed by atoms with Crippen molar-refractivity contribution in [3.8, 4) is 0 Å². The molecule has 1 aliphatic heterocycles. The summed E-state index contributed by atoms with van der Waals surface area (Å²) in [6, 6.07) is 6.46. The third-order valence-corrected chi connectivity index (χ3v) is 3.77. The molecule has 1 heterocycles. The molecule has 4 nitrogen and oxygen atoms in total. The highest BCUT2D eigenvalue weighted by molar-refractivity contribution is 5.78. The van der Waals surface area contributed by atoms with Crippen LogP contribution < -0.4 is 15.5 Å². The second-order valence-electron chi connectivity index (χ2n) is 5.24. The molecule has 2 N–H and O–H groups in total. The molecule has 0 saturated carbocycles. The molecule has 1 aromatic rings. The number of fused-ring (bicyclic) bond motifs is 1. The molecule has 1 aromatic carbocycles. The molecule has 0 radical (unpaired) electrons. The van der Waals surface area contributed by atoms with Gasteiger partial charge in [0.15, 0.2) is 0 Å². The normalized spacial score (nSPS) is 15.5. The summed E-state index contributed by atoms with van der Waals surface area (Å²) in [5, 5.41) is 6.12. The van der Waals surface area contributed by atoms with Crippen molar-refractivity contribution in [2.75, 3.05) is 32.1 Å². The minimum absolute atomic E-state index is 0.0117. The van der Waals surface area contributed by atoms with E-state index in [1.54, 1.807) is 7.05 Å². The Morgan fingerprint density at radius 3 is 3.05 bits per heavy atom. The van der Waals surface area contributed by atoms with Crippen molar-refractivity contribution in [1.82, 2.24) is 10.6 Å². The summed E-state index contributed by atoms with van der Waals surface area (Å²) >= 11 is 0. The van der Waals surface area contributed by atoms with E-state index >= 15 is 0 Å². The molecule has 0 saturated heterocycles. The maximum Gasteiger partial charge on any atom is 0.224 e. The van der Waals surface area contributed by atoms with E-state index in [0.29, 0.717) is 0 Å². The summed E-state index contributed by atoms with van der Waals surface area (Å²) in [5.74, 6) is 0.0807. The van der Waals surface area contributed by atoms with Crippen LogP contribution in [0.25, 0.3) is 0 Å². The molecule has 0 spiro atoms. The van der Waals surface area contributed by atoms with Crippen molar-refractivity contribution in [2.24, 2.45) is 5.92 Å². The predicted molar refractivity (Wildman–Crippen MR) is 78.4 cm³/mol. The van der Waals surface area contributed by atoms with Gasteiger partial charge in [-0.3, -0.25) is 4.79 Å². The number of carbonyl (C=O) groups excluding carboxylic acids is 1. The minimum atomic E-state index is -0.0117. The molecule has 0 bridgehead atoms. The molecule has 1 aliphatic rings. The molecular weight excluding hydrogens is 238 g/mol. The summed E-state index contributed by atoms with van der Waals surface area (Å²) in [6.07, 6.45) is 1.09. The number of nitrogens with zero attached hydrogens (tertiary/aromatic N) is 1. The van der Waals surface area contributed by atoms with Crippen LogP contribution in [0.4, 0.5) is 5.69 Å². The second kappa shape index (κ2) is 6.06. The van der Waals surface area contributed by atoms with E-state index in [0.717, 1.165) is 26.1 Å². The second-order valence-corrected chi connectivity index (χ2v) is 5.24. The molecule has 1 amide bonds. The van der Waals surface area contributed by atoms with Crippen LogP contribution in [0.2, 0.25) is 0 Å². The van der Waals surface area contributed by atoms with Crippen LogP contribution in [0.1, 0.15) is 18.1 Å². The fraction of sp³-hybridized carbons (Fsp3) is 0.533. The van der Waals surface area contributed by atoms with Crippen molar-refractivity contribution >= 4 is 11.6 Å². The lowest BCUT2D eigenvalue weighted by atomic mass is 9.98. The molecule has 0 aromatic heterocycles. The van der Waals surface area contributed by atoms with Gasteiger partial charge in [0, 0.05) is 32.9 Å². The van der Waals surface area contributed by atoms with E-state index in [2.05, 4.69) is 40.8 Å². The van der Waals surface area contributed by atoms with E-state index < -0.39 is 0 Å². The van der Waals surface area contributed by atoms with Gasteiger partial charge in [0.05, 0.1) is 5.92 Å². The highest BCUT2D eigenvalue weighted by Crippen LogP contribution is 2.26. The fourth-order valence-corrected chi connectivity index (χ4v) is 2.69. The van der Waals surface area contributed by atoms with Crippen LogP contribution in [0.5, 0.6) is 0 Å². The number of anilines is 1. The lowest BCUT2D eigenvalue weighted by molar-refractivity contribution is -0.123. The van der Waals surface area contributed by atoms with Gasteiger partial charge in [-0.2, -0.15) is 0 Å². The predicted octanol–water partition coefficient (Wildman–Crippen LogP) is 1.15. The van der Waals surface area contributed by atoms with Gasteiger partial charge in [0.25, 0.3) is 0 Å². The number of hydrogen-bond acceptors (Lipinski definition) is 3. The highest BCUT2D eigenvalue weighted by atomic mass is 16.1. The van der Waals surface area contributed by atoms with Crippen LogP contribution in [-0.4, -0.2) is 33.1 Å². The molecular formula is C15H23N3O. The van der Waals surface area contributed by atoms with E-state index in [9.17, 15) is 4.79 Å². The summed E-state index contributed by atoms with van der Waals surface area (Å²) in [6.45, 7) is 4.66. The number of benzene rings is 1. The first-order chi connectivity index (χ1) is 9.13. The quantitative estimate of drug-likeness (QED) is 0.854. The Kier molecular flexibility index (Phi) is 4.43. The number of rotatable bonds is 4. The van der Waals surface area contributed by atoms with Crippen LogP contribution >= 0.6 is 0 Å². The Morgan fingerprint density at radius 1 is 1.53 bits per heavy atom. The smallest absolute Gasteiger partial charge is 0.224 e. The maximum atomic E-state index is 11.6. The Morgan fingerprint density at radius 2 is 2.32 bits per heavy atom. The summed E-state index contributed by atoms with van der Waals surface area (Å²) in [7, 11) is 3.75. The van der Waals surface area contributed by atoms with Gasteiger partial charge in [0.1, 0.15) is 0 Å². The molecule has 4 heteroatoms. The van der Waals surface area contributed by atoms with Gasteiger partial charge in [-0.05, 0) is 30.2 Å². The third-order valence-electron chi connectivity index (χ3n) is 3.77. The average Bonchev–Trinajstić information content (AvgIpc) is 2.45. The van der Waals surface area contributed by atoms with Gasteiger partial charge in [0.2, 0.25) is 5.91 Å². The molecule has 0 aliphatic carbocycles. The van der Waals surface area contributed by atoms with E-state index in [1.807, 2.05) is 6.92 Å². The standard InChI is InChI=1S/C15H23N3O/c1-11(15(19)16-2)10-18(3)14-6-4-5-12-7-8-17-9-13(12)14/h4-6,11,17H,7-10H2,1-3H3,(H,16,19). The third kappa shape index (κ3) is 3.07. The van der Waals surface area contributed by atoms with Crippen molar-refractivity contribution in [1.29, 1.82) is 0 Å². The Bertz CT molecular complexity index is 459. The van der Waals surface area contributed by atoms with Crippen LogP contribution in [0, 0.1) is 5.92 Å². The van der Waals surface area contributed by atoms with E-state index in [-0.39, 0.29) is 11.8 Å². The van der Waals surface area contributed by atoms with Crippen LogP contribution in [-0.2, 0) is 17.8 Å². The molecule has 19 heavy (non-hydrogen) atoms. The van der Waals surface area contributed by atoms with Crippen molar-refractivity contribution < 1.29 is 4.79 Å².